The van der Waals surface area contributed by atoms with Crippen LogP contribution < -0.4 is 0 Å². The zero-order valence-corrected chi connectivity index (χ0v) is 5.89. The molecule has 0 atom stereocenters. The predicted octanol–water partition coefficient (Wildman–Crippen LogP) is 1.39. The van der Waals surface area contributed by atoms with E-state index in [4.69, 9.17) is 5.11 Å². The molecule has 0 aliphatic carbocycles. The Hall–Kier alpha value is 1.28. The predicted molar refractivity (Wildman–Crippen MR) is 43.5 cm³/mol. The van der Waals surface area contributed by atoms with Crippen molar-refractivity contribution in [1.29, 1.82) is 0 Å². The summed E-state index contributed by atoms with van der Waals surface area (Å²) >= 11 is 0. The minimum absolute atomic E-state index is 0. The average molecular weight is 217 g/mol. The topological polar surface area (TPSA) is 37.3 Å². The number of rotatable bonds is 5. The van der Waals surface area contributed by atoms with E-state index in [0.29, 0.717) is 6.42 Å². The Morgan fingerprint density at radius 3 is 2.30 bits per heavy atom. The van der Waals surface area contributed by atoms with Crippen molar-refractivity contribution in [1.82, 2.24) is 0 Å². The first-order valence-electron chi connectivity index (χ1n) is 3.49. The normalized spacial score (nSPS) is 8.50. The van der Waals surface area contributed by atoms with Crippen LogP contribution in [0, 0.1) is 0 Å². The maximum absolute atomic E-state index is 9.96. The van der Waals surface area contributed by atoms with E-state index in [1.54, 1.807) is 0 Å². The van der Waals surface area contributed by atoms with Crippen LogP contribution in [0.2, 0.25) is 0 Å². The molecule has 3 heteroatoms. The van der Waals surface area contributed by atoms with Gasteiger partial charge in [0, 0.05) is 6.42 Å². The number of carboxylic acids is 1. The van der Waals surface area contributed by atoms with Crippen molar-refractivity contribution in [2.24, 2.45) is 0 Å². The monoisotopic (exact) mass is 216 g/mol. The van der Waals surface area contributed by atoms with Gasteiger partial charge in [0.2, 0.25) is 0 Å². The van der Waals surface area contributed by atoms with Crippen molar-refractivity contribution in [3.05, 3.63) is 0 Å². The van der Waals surface area contributed by atoms with E-state index < -0.39 is 5.97 Å². The molecule has 0 aromatic carbocycles. The Kier molecular flexibility index (Phi) is 14.2. The van der Waals surface area contributed by atoms with E-state index in [1.165, 1.54) is 6.42 Å². The summed E-state index contributed by atoms with van der Waals surface area (Å²) in [5.74, 6) is -0.675. The van der Waals surface area contributed by atoms with E-state index in [2.05, 4.69) is 6.92 Å². The van der Waals surface area contributed by atoms with Gasteiger partial charge in [0.05, 0.1) is 0 Å². The van der Waals surface area contributed by atoms with Crippen molar-refractivity contribution in [2.45, 2.75) is 39.0 Å². The summed E-state index contributed by atoms with van der Waals surface area (Å²) in [7, 11) is 0. The van der Waals surface area contributed by atoms with E-state index in [0.717, 1.165) is 19.3 Å². The molecule has 0 fully saturated rings. The molecule has 0 aromatic rings. The van der Waals surface area contributed by atoms with Crippen LogP contribution in [0.25, 0.3) is 0 Å². The third-order valence-electron chi connectivity index (χ3n) is 1.24. The third kappa shape index (κ3) is 12.0. The molecule has 0 aliphatic rings. The Morgan fingerprint density at radius 2 is 1.90 bits per heavy atom. The van der Waals surface area contributed by atoms with E-state index in [-0.39, 0.29) is 58.2 Å². The van der Waals surface area contributed by atoms with Crippen molar-refractivity contribution in [2.75, 3.05) is 0 Å². The molecule has 0 aromatic heterocycles. The summed E-state index contributed by atoms with van der Waals surface area (Å²) in [5, 5.41) is 8.21. The standard InChI is InChI=1S/C7H14O2.Rb.H/c1-2-3-4-5-6-7(8)9;;/h2-6H2,1H3,(H,8,9);;. The fraction of sp³-hybridized carbons (Fsp3) is 0.857. The Morgan fingerprint density at radius 1 is 1.30 bits per heavy atom. The van der Waals surface area contributed by atoms with Gasteiger partial charge in [0.25, 0.3) is 0 Å². The van der Waals surface area contributed by atoms with Crippen LogP contribution >= 0.6 is 0 Å². The fourth-order valence-electron chi connectivity index (χ4n) is 0.703. The fourth-order valence-corrected chi connectivity index (χ4v) is 0.703. The Bertz CT molecular complexity index is 83.7. The van der Waals surface area contributed by atoms with Crippen molar-refractivity contribution in [3.8, 4) is 0 Å². The Labute approximate surface area is 111 Å². The summed E-state index contributed by atoms with van der Waals surface area (Å²) in [6.45, 7) is 2.11. The van der Waals surface area contributed by atoms with Gasteiger partial charge in [-0.2, -0.15) is 0 Å². The SMILES string of the molecule is CCCCCCC(=O)O.[RbH]. The van der Waals surface area contributed by atoms with Crippen LogP contribution in [0.4, 0.5) is 0 Å². The van der Waals surface area contributed by atoms with Gasteiger partial charge in [0.15, 0.2) is 0 Å². The zero-order chi connectivity index (χ0) is 7.11. The van der Waals surface area contributed by atoms with Gasteiger partial charge in [-0.15, -0.1) is 0 Å². The number of carboxylic acid groups (broad SMARTS) is 1. The molecule has 0 amide bonds. The molecular formula is C7H15O2Rb. The molecule has 0 bridgehead atoms. The van der Waals surface area contributed by atoms with Crippen LogP contribution in [0.1, 0.15) is 39.0 Å². The first-order valence-corrected chi connectivity index (χ1v) is 3.49. The molecule has 0 spiro atoms. The first kappa shape index (κ1) is 13.8. The second-order valence-corrected chi connectivity index (χ2v) is 2.20. The van der Waals surface area contributed by atoms with Crippen molar-refractivity contribution >= 4 is 64.2 Å². The molecule has 0 unspecified atom stereocenters. The van der Waals surface area contributed by atoms with Crippen LogP contribution in [0.15, 0.2) is 0 Å². The average Bonchev–Trinajstić information content (AvgIpc) is 1.80. The van der Waals surface area contributed by atoms with Crippen molar-refractivity contribution in [3.63, 3.8) is 0 Å². The van der Waals surface area contributed by atoms with Crippen LogP contribution in [-0.4, -0.2) is 69.3 Å². The number of hydrogen-bond donors (Lipinski definition) is 1. The molecule has 56 valence electrons. The molecule has 0 radical (unpaired) electrons. The minimum atomic E-state index is -0.675. The molecule has 0 rings (SSSR count). The maximum atomic E-state index is 9.96. The number of unbranched alkanes of at least 4 members (excludes halogenated alkanes) is 3. The summed E-state index contributed by atoms with van der Waals surface area (Å²) in [6, 6.07) is 0. The van der Waals surface area contributed by atoms with Crippen molar-refractivity contribution < 1.29 is 9.90 Å². The summed E-state index contributed by atoms with van der Waals surface area (Å²) < 4.78 is 0. The number of aliphatic carboxylic acids is 1. The van der Waals surface area contributed by atoms with Gasteiger partial charge in [-0.25, -0.2) is 0 Å². The summed E-state index contributed by atoms with van der Waals surface area (Å²) in [4.78, 5) is 9.96. The van der Waals surface area contributed by atoms with Gasteiger partial charge >= 0.3 is 64.2 Å². The molecule has 0 saturated carbocycles. The second kappa shape index (κ2) is 10.3. The first-order chi connectivity index (χ1) is 4.27. The number of hydrogen-bond acceptors (Lipinski definition) is 1. The second-order valence-electron chi connectivity index (χ2n) is 2.20. The van der Waals surface area contributed by atoms with Crippen LogP contribution in [0.5, 0.6) is 0 Å². The van der Waals surface area contributed by atoms with Gasteiger partial charge in [-0.05, 0) is 6.42 Å². The quantitative estimate of drug-likeness (QED) is 0.706. The molecule has 10 heavy (non-hydrogen) atoms. The van der Waals surface area contributed by atoms with E-state index >= 15 is 0 Å². The van der Waals surface area contributed by atoms with Gasteiger partial charge in [0.1, 0.15) is 0 Å². The summed E-state index contributed by atoms with van der Waals surface area (Å²) in [6.07, 6.45) is 4.55. The number of carbonyl (C=O) groups is 1. The molecule has 0 aliphatic heterocycles. The molecule has 2 nitrogen and oxygen atoms in total. The van der Waals surface area contributed by atoms with Crippen LogP contribution in [0.3, 0.4) is 0 Å². The molecular weight excluding hydrogens is 202 g/mol. The van der Waals surface area contributed by atoms with E-state index in [1.807, 2.05) is 0 Å². The van der Waals surface area contributed by atoms with Gasteiger partial charge in [-0.1, -0.05) is 26.2 Å². The molecule has 0 heterocycles. The zero-order valence-electron chi connectivity index (χ0n) is 5.89. The third-order valence-corrected chi connectivity index (χ3v) is 1.24. The van der Waals surface area contributed by atoms with E-state index in [9.17, 15) is 4.79 Å². The molecule has 0 saturated heterocycles. The molecule has 1 N–H and O–H groups in total. The van der Waals surface area contributed by atoms with Crippen LogP contribution in [-0.2, 0) is 4.79 Å². The van der Waals surface area contributed by atoms with Gasteiger partial charge in [-0.3, -0.25) is 4.79 Å². The Balaban J connectivity index is 0. The summed E-state index contributed by atoms with van der Waals surface area (Å²) in [5.41, 5.74) is 0. The van der Waals surface area contributed by atoms with Gasteiger partial charge < -0.3 is 5.11 Å².